The van der Waals surface area contributed by atoms with Crippen LogP contribution in [-0.2, 0) is 0 Å². The van der Waals surface area contributed by atoms with Crippen LogP contribution >= 0.6 is 15.9 Å². The zero-order chi connectivity index (χ0) is 13.0. The van der Waals surface area contributed by atoms with E-state index in [0.717, 1.165) is 6.42 Å². The summed E-state index contributed by atoms with van der Waals surface area (Å²) in [4.78, 5) is 0. The quantitative estimate of drug-likeness (QED) is 0.877. The predicted octanol–water partition coefficient (Wildman–Crippen LogP) is 3.24. The van der Waals surface area contributed by atoms with E-state index in [2.05, 4.69) is 29.8 Å². The van der Waals surface area contributed by atoms with Gasteiger partial charge in [0.25, 0.3) is 0 Å². The molecule has 0 saturated carbocycles. The average molecular weight is 304 g/mol. The Kier molecular flexibility index (Phi) is 5.56. The second kappa shape index (κ2) is 6.47. The zero-order valence-electron chi connectivity index (χ0n) is 10.2. The third kappa shape index (κ3) is 4.05. The maximum absolute atomic E-state index is 13.2. The van der Waals surface area contributed by atoms with Gasteiger partial charge in [-0.2, -0.15) is 0 Å². The Labute approximate surface area is 110 Å². The van der Waals surface area contributed by atoms with E-state index in [4.69, 9.17) is 5.73 Å². The highest BCUT2D eigenvalue weighted by Crippen LogP contribution is 2.32. The third-order valence-electron chi connectivity index (χ3n) is 2.80. The summed E-state index contributed by atoms with van der Waals surface area (Å²) in [5, 5.41) is 10.3. The summed E-state index contributed by atoms with van der Waals surface area (Å²) >= 11 is 3.33. The van der Waals surface area contributed by atoms with Crippen LogP contribution in [0.15, 0.2) is 22.7 Å². The first-order valence-corrected chi connectivity index (χ1v) is 6.58. The Morgan fingerprint density at radius 3 is 2.59 bits per heavy atom. The SMILES string of the molecule is CC(C)CC(CN)C(O)c1cc(F)ccc1Br. The van der Waals surface area contributed by atoms with Crippen molar-refractivity contribution in [3.8, 4) is 0 Å². The van der Waals surface area contributed by atoms with E-state index >= 15 is 0 Å². The summed E-state index contributed by atoms with van der Waals surface area (Å²) < 4.78 is 13.9. The summed E-state index contributed by atoms with van der Waals surface area (Å²) in [5.41, 5.74) is 6.25. The van der Waals surface area contributed by atoms with Crippen molar-refractivity contribution in [1.29, 1.82) is 0 Å². The third-order valence-corrected chi connectivity index (χ3v) is 3.52. The number of nitrogens with two attached hydrogens (primary N) is 1. The average Bonchev–Trinajstić information content (AvgIpc) is 2.28. The van der Waals surface area contributed by atoms with Gasteiger partial charge in [0, 0.05) is 10.4 Å². The van der Waals surface area contributed by atoms with Gasteiger partial charge in [-0.3, -0.25) is 0 Å². The van der Waals surface area contributed by atoms with Crippen molar-refractivity contribution in [2.75, 3.05) is 6.54 Å². The second-order valence-electron chi connectivity index (χ2n) is 4.74. The number of aliphatic hydroxyl groups is 1. The predicted molar refractivity (Wildman–Crippen MR) is 71.1 cm³/mol. The highest BCUT2D eigenvalue weighted by Gasteiger charge is 2.22. The topological polar surface area (TPSA) is 46.2 Å². The van der Waals surface area contributed by atoms with Gasteiger partial charge in [-0.05, 0) is 42.6 Å². The lowest BCUT2D eigenvalue weighted by atomic mass is 9.88. The van der Waals surface area contributed by atoms with Crippen LogP contribution < -0.4 is 5.73 Å². The Morgan fingerprint density at radius 2 is 2.06 bits per heavy atom. The van der Waals surface area contributed by atoms with Gasteiger partial charge in [0.05, 0.1) is 6.10 Å². The first kappa shape index (κ1) is 14.6. The molecule has 0 radical (unpaired) electrons. The molecule has 0 aromatic heterocycles. The monoisotopic (exact) mass is 303 g/mol. The molecule has 1 aromatic carbocycles. The second-order valence-corrected chi connectivity index (χ2v) is 5.59. The van der Waals surface area contributed by atoms with E-state index in [9.17, 15) is 9.50 Å². The Morgan fingerprint density at radius 1 is 1.41 bits per heavy atom. The lowest BCUT2D eigenvalue weighted by molar-refractivity contribution is 0.0985. The minimum Gasteiger partial charge on any atom is -0.388 e. The van der Waals surface area contributed by atoms with Crippen LogP contribution in [0.3, 0.4) is 0 Å². The Bertz CT molecular complexity index is 370. The molecular formula is C13H19BrFNO. The van der Waals surface area contributed by atoms with Crippen molar-refractivity contribution >= 4 is 15.9 Å². The van der Waals surface area contributed by atoms with E-state index in [1.165, 1.54) is 12.1 Å². The highest BCUT2D eigenvalue weighted by molar-refractivity contribution is 9.10. The van der Waals surface area contributed by atoms with E-state index < -0.39 is 6.10 Å². The molecule has 0 aliphatic carbocycles. The van der Waals surface area contributed by atoms with E-state index in [1.807, 2.05) is 0 Å². The van der Waals surface area contributed by atoms with E-state index in [1.54, 1.807) is 6.07 Å². The summed E-state index contributed by atoms with van der Waals surface area (Å²) in [6.45, 7) is 4.55. The fourth-order valence-electron chi connectivity index (χ4n) is 1.95. The number of hydrogen-bond donors (Lipinski definition) is 2. The van der Waals surface area contributed by atoms with Crippen molar-refractivity contribution in [3.63, 3.8) is 0 Å². The van der Waals surface area contributed by atoms with Crippen molar-refractivity contribution in [2.24, 2.45) is 17.6 Å². The van der Waals surface area contributed by atoms with Crippen LogP contribution in [-0.4, -0.2) is 11.7 Å². The zero-order valence-corrected chi connectivity index (χ0v) is 11.7. The van der Waals surface area contributed by atoms with Gasteiger partial charge in [-0.15, -0.1) is 0 Å². The Hall–Kier alpha value is -0.450. The molecule has 0 aliphatic heterocycles. The molecule has 0 amide bonds. The van der Waals surface area contributed by atoms with Gasteiger partial charge >= 0.3 is 0 Å². The van der Waals surface area contributed by atoms with Crippen LogP contribution in [0.25, 0.3) is 0 Å². The Balaban J connectivity index is 2.92. The molecule has 0 spiro atoms. The largest absolute Gasteiger partial charge is 0.388 e. The summed E-state index contributed by atoms with van der Waals surface area (Å²) in [6.07, 6.45) is 0.0909. The normalized spacial score (nSPS) is 15.0. The van der Waals surface area contributed by atoms with E-state index in [0.29, 0.717) is 22.5 Å². The summed E-state index contributed by atoms with van der Waals surface area (Å²) in [7, 11) is 0. The van der Waals surface area contributed by atoms with Crippen LogP contribution in [0, 0.1) is 17.7 Å². The minimum atomic E-state index is -0.729. The molecule has 2 nitrogen and oxygen atoms in total. The number of halogens is 2. The molecule has 4 heteroatoms. The highest BCUT2D eigenvalue weighted by atomic mass is 79.9. The van der Waals surface area contributed by atoms with Crippen LogP contribution in [0.4, 0.5) is 4.39 Å². The van der Waals surface area contributed by atoms with E-state index in [-0.39, 0.29) is 11.7 Å². The maximum Gasteiger partial charge on any atom is 0.123 e. The van der Waals surface area contributed by atoms with Gasteiger partial charge in [0.2, 0.25) is 0 Å². The molecule has 0 fully saturated rings. The van der Waals surface area contributed by atoms with Crippen LogP contribution in [0.5, 0.6) is 0 Å². The van der Waals surface area contributed by atoms with Crippen molar-refractivity contribution in [1.82, 2.24) is 0 Å². The molecule has 0 bridgehead atoms. The van der Waals surface area contributed by atoms with Gasteiger partial charge in [0.15, 0.2) is 0 Å². The standard InChI is InChI=1S/C13H19BrFNO/c1-8(2)5-9(7-16)13(17)11-6-10(15)3-4-12(11)14/h3-4,6,8-9,13,17H,5,7,16H2,1-2H3. The molecule has 2 atom stereocenters. The minimum absolute atomic E-state index is 0.0481. The smallest absolute Gasteiger partial charge is 0.123 e. The van der Waals surface area contributed by atoms with Crippen molar-refractivity contribution < 1.29 is 9.50 Å². The number of rotatable bonds is 5. The van der Waals surface area contributed by atoms with Crippen molar-refractivity contribution in [3.05, 3.63) is 34.1 Å². The summed E-state index contributed by atoms with van der Waals surface area (Å²) in [5.74, 6) is 0.0567. The van der Waals surface area contributed by atoms with Gasteiger partial charge in [-0.25, -0.2) is 4.39 Å². The molecule has 0 heterocycles. The fraction of sp³-hybridized carbons (Fsp3) is 0.538. The fourth-order valence-corrected chi connectivity index (χ4v) is 2.44. The number of aliphatic hydroxyl groups excluding tert-OH is 1. The lowest BCUT2D eigenvalue weighted by Crippen LogP contribution is -2.24. The van der Waals surface area contributed by atoms with Crippen molar-refractivity contribution in [2.45, 2.75) is 26.4 Å². The molecule has 1 aromatic rings. The van der Waals surface area contributed by atoms with Gasteiger partial charge in [0.1, 0.15) is 5.82 Å². The summed E-state index contributed by atoms with van der Waals surface area (Å²) in [6, 6.07) is 4.33. The molecular weight excluding hydrogens is 285 g/mol. The molecule has 17 heavy (non-hydrogen) atoms. The molecule has 96 valence electrons. The molecule has 0 aliphatic rings. The van der Waals surface area contributed by atoms with Gasteiger partial charge < -0.3 is 10.8 Å². The van der Waals surface area contributed by atoms with Gasteiger partial charge in [-0.1, -0.05) is 29.8 Å². The molecule has 0 saturated heterocycles. The molecule has 3 N–H and O–H groups in total. The molecule has 2 unspecified atom stereocenters. The lowest BCUT2D eigenvalue weighted by Gasteiger charge is -2.24. The first-order valence-electron chi connectivity index (χ1n) is 5.78. The molecule has 1 rings (SSSR count). The maximum atomic E-state index is 13.2. The first-order chi connectivity index (χ1) is 7.95. The van der Waals surface area contributed by atoms with Crippen LogP contribution in [0.1, 0.15) is 31.9 Å². The number of hydrogen-bond acceptors (Lipinski definition) is 2. The van der Waals surface area contributed by atoms with Crippen LogP contribution in [0.2, 0.25) is 0 Å². The number of benzene rings is 1.